The molecule has 1 heterocycles. The first-order valence-corrected chi connectivity index (χ1v) is 15.5. The highest BCUT2D eigenvalue weighted by Gasteiger charge is 2.28. The van der Waals surface area contributed by atoms with Crippen molar-refractivity contribution in [2.24, 2.45) is 0 Å². The van der Waals surface area contributed by atoms with E-state index in [2.05, 4.69) is 5.32 Å². The minimum atomic E-state index is -3.48. The largest absolute Gasteiger partial charge is 0.497 e. The molecule has 0 aliphatic carbocycles. The Kier molecular flexibility index (Phi) is 10.5. The van der Waals surface area contributed by atoms with Crippen LogP contribution in [0.2, 0.25) is 0 Å². The SMILES string of the molecule is COc1ccc(CCNC(=O)[C@H](C)N(Cc2ccccc2)C(=O)CCc2ccc(S(=O)(=O)N3CCCC3)cc2)cc1. The molecule has 2 amide bonds. The van der Waals surface area contributed by atoms with Gasteiger partial charge in [0, 0.05) is 32.6 Å². The van der Waals surface area contributed by atoms with Crippen LogP contribution in [0.4, 0.5) is 0 Å². The van der Waals surface area contributed by atoms with E-state index in [1.165, 1.54) is 4.31 Å². The molecule has 1 saturated heterocycles. The van der Waals surface area contributed by atoms with Crippen LogP contribution in [0.5, 0.6) is 5.75 Å². The average Bonchev–Trinajstić information content (AvgIpc) is 3.56. The number of benzene rings is 3. The third-order valence-electron chi connectivity index (χ3n) is 7.49. The second-order valence-electron chi connectivity index (χ2n) is 10.3. The van der Waals surface area contributed by atoms with Crippen LogP contribution < -0.4 is 10.1 Å². The molecule has 4 rings (SSSR count). The molecule has 41 heavy (non-hydrogen) atoms. The summed E-state index contributed by atoms with van der Waals surface area (Å²) in [7, 11) is -1.85. The first-order chi connectivity index (χ1) is 19.8. The van der Waals surface area contributed by atoms with Gasteiger partial charge in [-0.2, -0.15) is 4.31 Å². The number of sulfonamides is 1. The molecule has 0 unspecified atom stereocenters. The first-order valence-electron chi connectivity index (χ1n) is 14.1. The van der Waals surface area contributed by atoms with Gasteiger partial charge in [0.1, 0.15) is 11.8 Å². The molecule has 8 nitrogen and oxygen atoms in total. The van der Waals surface area contributed by atoms with Gasteiger partial charge >= 0.3 is 0 Å². The van der Waals surface area contributed by atoms with Crippen LogP contribution in [-0.4, -0.2) is 62.2 Å². The number of ether oxygens (including phenoxy) is 1. The van der Waals surface area contributed by atoms with Crippen molar-refractivity contribution in [1.29, 1.82) is 0 Å². The van der Waals surface area contributed by atoms with E-state index < -0.39 is 16.1 Å². The van der Waals surface area contributed by atoms with Crippen molar-refractivity contribution in [3.63, 3.8) is 0 Å². The van der Waals surface area contributed by atoms with Gasteiger partial charge in [-0.05, 0) is 73.6 Å². The fourth-order valence-corrected chi connectivity index (χ4v) is 6.45. The first kappa shape index (κ1) is 30.3. The van der Waals surface area contributed by atoms with Crippen LogP contribution in [0.25, 0.3) is 0 Å². The number of nitrogens with zero attached hydrogens (tertiary/aromatic N) is 2. The van der Waals surface area contributed by atoms with Gasteiger partial charge in [-0.3, -0.25) is 9.59 Å². The van der Waals surface area contributed by atoms with E-state index in [0.29, 0.717) is 39.0 Å². The summed E-state index contributed by atoms with van der Waals surface area (Å²) in [6, 6.07) is 23.4. The van der Waals surface area contributed by atoms with Crippen LogP contribution in [0.3, 0.4) is 0 Å². The molecule has 0 saturated carbocycles. The third kappa shape index (κ3) is 8.17. The molecule has 0 bridgehead atoms. The predicted molar refractivity (Wildman–Crippen MR) is 159 cm³/mol. The minimum Gasteiger partial charge on any atom is -0.497 e. The number of hydrogen-bond acceptors (Lipinski definition) is 5. The normalized spacial score (nSPS) is 14.4. The van der Waals surface area contributed by atoms with E-state index >= 15 is 0 Å². The fraction of sp³-hybridized carbons (Fsp3) is 0.375. The number of aryl methyl sites for hydroxylation is 1. The standard InChI is InChI=1S/C32H39N3O5S/c1-25(32(37)33-21-20-27-10-15-29(40-2)16-11-27)35(24-28-8-4-3-5-9-28)31(36)19-14-26-12-17-30(18-13-26)41(38,39)34-22-6-7-23-34/h3-5,8-13,15-18,25H,6-7,14,19-24H2,1-2H3,(H,33,37)/t25-/m0/s1. The Labute approximate surface area is 243 Å². The average molecular weight is 578 g/mol. The minimum absolute atomic E-state index is 0.138. The van der Waals surface area contributed by atoms with E-state index in [9.17, 15) is 18.0 Å². The number of rotatable bonds is 13. The van der Waals surface area contributed by atoms with E-state index in [-0.39, 0.29) is 23.1 Å². The monoisotopic (exact) mass is 577 g/mol. The second kappa shape index (κ2) is 14.3. The zero-order chi connectivity index (χ0) is 29.2. The summed E-state index contributed by atoms with van der Waals surface area (Å²) in [5.41, 5.74) is 2.89. The third-order valence-corrected chi connectivity index (χ3v) is 9.40. The predicted octanol–water partition coefficient (Wildman–Crippen LogP) is 4.19. The molecule has 218 valence electrons. The summed E-state index contributed by atoms with van der Waals surface area (Å²) in [6.07, 6.45) is 3.09. The Morgan fingerprint density at radius 3 is 2.12 bits per heavy atom. The topological polar surface area (TPSA) is 96.0 Å². The van der Waals surface area contributed by atoms with Gasteiger partial charge in [-0.1, -0.05) is 54.6 Å². The molecule has 1 fully saturated rings. The summed E-state index contributed by atoms with van der Waals surface area (Å²) in [6.45, 7) is 3.64. The fourth-order valence-electron chi connectivity index (χ4n) is 4.93. The number of nitrogens with one attached hydrogen (secondary N) is 1. The number of carbonyl (C=O) groups excluding carboxylic acids is 2. The molecule has 9 heteroatoms. The quantitative estimate of drug-likeness (QED) is 0.329. The van der Waals surface area contributed by atoms with Crippen LogP contribution in [0.15, 0.2) is 83.8 Å². The van der Waals surface area contributed by atoms with Gasteiger partial charge in [0.05, 0.1) is 12.0 Å². The lowest BCUT2D eigenvalue weighted by Gasteiger charge is -2.29. The highest BCUT2D eigenvalue weighted by atomic mass is 32.2. The Morgan fingerprint density at radius 2 is 1.49 bits per heavy atom. The zero-order valence-corrected chi connectivity index (χ0v) is 24.6. The number of amides is 2. The summed E-state index contributed by atoms with van der Waals surface area (Å²) < 4.78 is 32.4. The maximum atomic E-state index is 13.5. The summed E-state index contributed by atoms with van der Waals surface area (Å²) in [5, 5.41) is 2.97. The number of carbonyl (C=O) groups is 2. The molecule has 1 aliphatic rings. The Hall–Kier alpha value is -3.69. The van der Waals surface area contributed by atoms with Crippen molar-refractivity contribution in [2.45, 2.75) is 56.5 Å². The molecular weight excluding hydrogens is 538 g/mol. The molecule has 1 atom stereocenters. The number of methoxy groups -OCH3 is 1. The molecular formula is C32H39N3O5S. The maximum absolute atomic E-state index is 13.5. The van der Waals surface area contributed by atoms with Crippen molar-refractivity contribution in [2.75, 3.05) is 26.7 Å². The zero-order valence-electron chi connectivity index (χ0n) is 23.8. The van der Waals surface area contributed by atoms with E-state index in [1.54, 1.807) is 43.2 Å². The summed E-state index contributed by atoms with van der Waals surface area (Å²) in [5.74, 6) is 0.434. The van der Waals surface area contributed by atoms with Crippen LogP contribution >= 0.6 is 0 Å². The van der Waals surface area contributed by atoms with Crippen molar-refractivity contribution < 1.29 is 22.7 Å². The highest BCUT2D eigenvalue weighted by molar-refractivity contribution is 7.89. The van der Waals surface area contributed by atoms with Gasteiger partial charge in [0.25, 0.3) is 0 Å². The van der Waals surface area contributed by atoms with Crippen LogP contribution in [0.1, 0.15) is 42.9 Å². The van der Waals surface area contributed by atoms with Gasteiger partial charge < -0.3 is 15.0 Å². The van der Waals surface area contributed by atoms with E-state index in [0.717, 1.165) is 35.3 Å². The summed E-state index contributed by atoms with van der Waals surface area (Å²) in [4.78, 5) is 28.4. The lowest BCUT2D eigenvalue weighted by Crippen LogP contribution is -2.48. The van der Waals surface area contributed by atoms with Gasteiger partial charge in [0.15, 0.2) is 0 Å². The van der Waals surface area contributed by atoms with Crippen LogP contribution in [0, 0.1) is 0 Å². The van der Waals surface area contributed by atoms with Crippen molar-refractivity contribution >= 4 is 21.8 Å². The number of hydrogen-bond donors (Lipinski definition) is 1. The van der Waals surface area contributed by atoms with E-state index in [1.807, 2.05) is 54.6 Å². The lowest BCUT2D eigenvalue weighted by atomic mass is 10.1. The van der Waals surface area contributed by atoms with Crippen LogP contribution in [-0.2, 0) is 39.0 Å². The molecule has 0 spiro atoms. The van der Waals surface area contributed by atoms with E-state index in [4.69, 9.17) is 4.74 Å². The molecule has 0 radical (unpaired) electrons. The Morgan fingerprint density at radius 1 is 0.878 bits per heavy atom. The van der Waals surface area contributed by atoms with Gasteiger partial charge in [0.2, 0.25) is 21.8 Å². The Bertz CT molecular complexity index is 1390. The molecule has 0 aromatic heterocycles. The second-order valence-corrected chi connectivity index (χ2v) is 12.3. The smallest absolute Gasteiger partial charge is 0.243 e. The van der Waals surface area contributed by atoms with Gasteiger partial charge in [-0.15, -0.1) is 0 Å². The maximum Gasteiger partial charge on any atom is 0.243 e. The molecule has 1 aliphatic heterocycles. The van der Waals surface area contributed by atoms with Crippen molar-refractivity contribution in [3.8, 4) is 5.75 Å². The van der Waals surface area contributed by atoms with Crippen molar-refractivity contribution in [3.05, 3.63) is 95.6 Å². The highest BCUT2D eigenvalue weighted by Crippen LogP contribution is 2.22. The molecule has 3 aromatic carbocycles. The van der Waals surface area contributed by atoms with Crippen molar-refractivity contribution in [1.82, 2.24) is 14.5 Å². The Balaban J connectivity index is 1.37. The van der Waals surface area contributed by atoms with Gasteiger partial charge in [-0.25, -0.2) is 8.42 Å². The molecule has 1 N–H and O–H groups in total. The summed E-state index contributed by atoms with van der Waals surface area (Å²) >= 11 is 0. The molecule has 3 aromatic rings. The lowest BCUT2D eigenvalue weighted by molar-refractivity contribution is -0.140.